The summed E-state index contributed by atoms with van der Waals surface area (Å²) in [6.07, 6.45) is 0.875. The van der Waals surface area contributed by atoms with E-state index in [0.29, 0.717) is 0 Å². The Labute approximate surface area is 154 Å². The number of nitrogens with one attached hydrogen (secondary N) is 1. The molecule has 0 aliphatic rings. The van der Waals surface area contributed by atoms with Crippen molar-refractivity contribution in [3.05, 3.63) is 100 Å². The first kappa shape index (κ1) is 17.1. The summed E-state index contributed by atoms with van der Waals surface area (Å²) in [5.41, 5.74) is 4.99. The molecule has 1 N–H and O–H groups in total. The third-order valence-corrected chi connectivity index (χ3v) is 4.60. The Hall–Kier alpha value is -1.74. The first-order valence-electron chi connectivity index (χ1n) is 8.00. The Morgan fingerprint density at radius 3 is 2.29 bits per heavy atom. The summed E-state index contributed by atoms with van der Waals surface area (Å²) in [7, 11) is 0. The third kappa shape index (κ3) is 4.88. The van der Waals surface area contributed by atoms with Crippen molar-refractivity contribution in [3.8, 4) is 0 Å². The first-order chi connectivity index (χ1) is 11.7. The van der Waals surface area contributed by atoms with Gasteiger partial charge in [0.05, 0.1) is 0 Å². The van der Waals surface area contributed by atoms with Crippen LogP contribution < -0.4 is 5.32 Å². The lowest BCUT2D eigenvalue weighted by Gasteiger charge is -2.10. The average Bonchev–Trinajstić information content (AvgIpc) is 2.59. The van der Waals surface area contributed by atoms with Gasteiger partial charge in [-0.2, -0.15) is 0 Å². The highest BCUT2D eigenvalue weighted by Crippen LogP contribution is 2.20. The van der Waals surface area contributed by atoms with E-state index in [-0.39, 0.29) is 0 Å². The fourth-order valence-corrected chi connectivity index (χ4v) is 3.14. The zero-order valence-electron chi connectivity index (χ0n) is 13.4. The van der Waals surface area contributed by atoms with Crippen LogP contribution in [0.4, 0.5) is 0 Å². The molecule has 0 unspecified atom stereocenters. The molecule has 0 bridgehead atoms. The van der Waals surface area contributed by atoms with Gasteiger partial charge in [0, 0.05) is 23.0 Å². The maximum absolute atomic E-state index is 6.07. The predicted octanol–water partition coefficient (Wildman–Crippen LogP) is 5.51. The molecule has 0 saturated carbocycles. The van der Waals surface area contributed by atoms with Crippen LogP contribution in [0.3, 0.4) is 0 Å². The van der Waals surface area contributed by atoms with Crippen LogP contribution in [0.2, 0.25) is 5.02 Å². The van der Waals surface area contributed by atoms with Gasteiger partial charge in [0.2, 0.25) is 0 Å². The molecule has 122 valence electrons. The molecular weight excluding hydrogens is 334 g/mol. The molecule has 0 radical (unpaired) electrons. The highest BCUT2D eigenvalue weighted by molar-refractivity contribution is 7.80. The maximum atomic E-state index is 6.07. The molecule has 0 spiro atoms. The van der Waals surface area contributed by atoms with Gasteiger partial charge >= 0.3 is 0 Å². The summed E-state index contributed by atoms with van der Waals surface area (Å²) in [6.45, 7) is 1.66. The molecule has 0 aliphatic heterocycles. The Balaban J connectivity index is 1.65. The molecule has 0 fully saturated rings. The summed E-state index contributed by atoms with van der Waals surface area (Å²) >= 11 is 10.7. The normalized spacial score (nSPS) is 10.8. The Bertz CT molecular complexity index is 802. The fourth-order valence-electron chi connectivity index (χ4n) is 2.71. The Kier molecular flexibility index (Phi) is 5.97. The van der Waals surface area contributed by atoms with Crippen LogP contribution in [-0.4, -0.2) is 0 Å². The topological polar surface area (TPSA) is 12.0 Å². The lowest BCUT2D eigenvalue weighted by Crippen LogP contribution is -2.13. The van der Waals surface area contributed by atoms with E-state index in [9.17, 15) is 0 Å². The van der Waals surface area contributed by atoms with Gasteiger partial charge < -0.3 is 5.32 Å². The second-order valence-electron chi connectivity index (χ2n) is 5.86. The van der Waals surface area contributed by atoms with Crippen molar-refractivity contribution in [2.24, 2.45) is 0 Å². The number of rotatable bonds is 6. The lowest BCUT2D eigenvalue weighted by atomic mass is 10.0. The SMILES string of the molecule is Sc1ccc(Cc2cccc(Cl)c2)cc1CNCc1ccccc1. The maximum Gasteiger partial charge on any atom is 0.0408 e. The van der Waals surface area contributed by atoms with Crippen molar-refractivity contribution >= 4 is 24.2 Å². The highest BCUT2D eigenvalue weighted by atomic mass is 35.5. The molecule has 0 aromatic heterocycles. The average molecular weight is 354 g/mol. The fraction of sp³-hybridized carbons (Fsp3) is 0.143. The van der Waals surface area contributed by atoms with Crippen LogP contribution in [0.5, 0.6) is 0 Å². The van der Waals surface area contributed by atoms with Crippen molar-refractivity contribution in [1.82, 2.24) is 5.32 Å². The van der Waals surface area contributed by atoms with Gasteiger partial charge in [0.1, 0.15) is 0 Å². The van der Waals surface area contributed by atoms with E-state index < -0.39 is 0 Å². The molecule has 0 saturated heterocycles. The van der Waals surface area contributed by atoms with E-state index in [1.165, 1.54) is 22.3 Å². The van der Waals surface area contributed by atoms with Gasteiger partial charge in [0.15, 0.2) is 0 Å². The summed E-state index contributed by atoms with van der Waals surface area (Å²) in [5, 5.41) is 4.27. The van der Waals surface area contributed by atoms with Crippen molar-refractivity contribution in [2.75, 3.05) is 0 Å². The molecule has 0 aliphatic carbocycles. The monoisotopic (exact) mass is 353 g/mol. The van der Waals surface area contributed by atoms with E-state index >= 15 is 0 Å². The minimum Gasteiger partial charge on any atom is -0.309 e. The second-order valence-corrected chi connectivity index (χ2v) is 6.78. The molecule has 3 aromatic rings. The minimum atomic E-state index is 0.781. The van der Waals surface area contributed by atoms with Crippen LogP contribution in [0.15, 0.2) is 77.7 Å². The number of halogens is 1. The number of benzene rings is 3. The number of hydrogen-bond donors (Lipinski definition) is 2. The smallest absolute Gasteiger partial charge is 0.0408 e. The van der Waals surface area contributed by atoms with Crippen molar-refractivity contribution < 1.29 is 0 Å². The molecule has 3 heteroatoms. The molecule has 3 aromatic carbocycles. The van der Waals surface area contributed by atoms with E-state index in [1.54, 1.807) is 0 Å². The van der Waals surface area contributed by atoms with Gasteiger partial charge in [-0.15, -0.1) is 12.6 Å². The Morgan fingerprint density at radius 2 is 1.50 bits per heavy atom. The second kappa shape index (κ2) is 8.39. The van der Waals surface area contributed by atoms with E-state index in [1.807, 2.05) is 24.3 Å². The molecule has 0 atom stereocenters. The van der Waals surface area contributed by atoms with E-state index in [0.717, 1.165) is 29.4 Å². The predicted molar refractivity (Wildman–Crippen MR) is 105 cm³/mol. The molecule has 0 heterocycles. The van der Waals surface area contributed by atoms with Crippen LogP contribution in [0.1, 0.15) is 22.3 Å². The quantitative estimate of drug-likeness (QED) is 0.557. The van der Waals surface area contributed by atoms with Crippen molar-refractivity contribution in [2.45, 2.75) is 24.4 Å². The van der Waals surface area contributed by atoms with Crippen LogP contribution in [0, 0.1) is 0 Å². The first-order valence-corrected chi connectivity index (χ1v) is 8.83. The molecule has 0 amide bonds. The summed E-state index contributed by atoms with van der Waals surface area (Å²) < 4.78 is 0. The zero-order chi connectivity index (χ0) is 16.8. The van der Waals surface area contributed by atoms with Crippen LogP contribution in [0.25, 0.3) is 0 Å². The van der Waals surface area contributed by atoms with Crippen molar-refractivity contribution in [3.63, 3.8) is 0 Å². The van der Waals surface area contributed by atoms with Gasteiger partial charge in [-0.25, -0.2) is 0 Å². The van der Waals surface area contributed by atoms with E-state index in [2.05, 4.69) is 66.5 Å². The Morgan fingerprint density at radius 1 is 0.750 bits per heavy atom. The standard InChI is InChI=1S/C21H20ClNS/c22-20-8-4-7-17(13-20)11-18-9-10-21(24)19(12-18)15-23-14-16-5-2-1-3-6-16/h1-10,12-13,23-24H,11,14-15H2. The van der Waals surface area contributed by atoms with Crippen LogP contribution >= 0.6 is 24.2 Å². The minimum absolute atomic E-state index is 0.781. The summed E-state index contributed by atoms with van der Waals surface area (Å²) in [4.78, 5) is 1.02. The van der Waals surface area contributed by atoms with Crippen molar-refractivity contribution in [1.29, 1.82) is 0 Å². The molecule has 3 rings (SSSR count). The molecule has 24 heavy (non-hydrogen) atoms. The van der Waals surface area contributed by atoms with Gasteiger partial charge in [0.25, 0.3) is 0 Å². The van der Waals surface area contributed by atoms with Crippen LogP contribution in [-0.2, 0) is 19.5 Å². The molecular formula is C21H20ClNS. The molecule has 1 nitrogen and oxygen atoms in total. The lowest BCUT2D eigenvalue weighted by molar-refractivity contribution is 0.685. The highest BCUT2D eigenvalue weighted by Gasteiger charge is 2.03. The summed E-state index contributed by atoms with van der Waals surface area (Å²) in [5.74, 6) is 0. The zero-order valence-corrected chi connectivity index (χ0v) is 15.0. The number of hydrogen-bond acceptors (Lipinski definition) is 2. The third-order valence-electron chi connectivity index (χ3n) is 3.93. The largest absolute Gasteiger partial charge is 0.309 e. The van der Waals surface area contributed by atoms with Gasteiger partial charge in [-0.3, -0.25) is 0 Å². The van der Waals surface area contributed by atoms with E-state index in [4.69, 9.17) is 11.6 Å². The van der Waals surface area contributed by atoms with Gasteiger partial charge in [-0.1, -0.05) is 66.2 Å². The van der Waals surface area contributed by atoms with Gasteiger partial charge in [-0.05, 0) is 46.9 Å². The summed E-state index contributed by atoms with van der Waals surface area (Å²) in [6, 6.07) is 24.9. The number of thiol groups is 1.